The van der Waals surface area contributed by atoms with Crippen molar-refractivity contribution in [3.63, 3.8) is 0 Å². The maximum Gasteiger partial charge on any atom is 0.416 e. The van der Waals surface area contributed by atoms with Gasteiger partial charge in [-0.15, -0.1) is 0 Å². The van der Waals surface area contributed by atoms with Crippen molar-refractivity contribution in [3.05, 3.63) is 35.4 Å². The summed E-state index contributed by atoms with van der Waals surface area (Å²) in [6.07, 6.45) is -2.02. The van der Waals surface area contributed by atoms with Crippen LogP contribution in [-0.2, 0) is 6.18 Å². The quantitative estimate of drug-likeness (QED) is 0.851. The third-order valence-electron chi connectivity index (χ3n) is 3.16. The Hall–Kier alpha value is -1.07. The Morgan fingerprint density at radius 3 is 2.28 bits per heavy atom. The molecule has 18 heavy (non-hydrogen) atoms. The molecule has 100 valence electrons. The number of hydrogen-bond acceptors (Lipinski definition) is 2. The summed E-state index contributed by atoms with van der Waals surface area (Å²) in [7, 11) is 0. The van der Waals surface area contributed by atoms with Crippen molar-refractivity contribution >= 4 is 0 Å². The van der Waals surface area contributed by atoms with Crippen molar-refractivity contribution in [2.75, 3.05) is 13.2 Å². The van der Waals surface area contributed by atoms with Gasteiger partial charge in [0.05, 0.1) is 12.2 Å². The lowest BCUT2D eigenvalue weighted by Gasteiger charge is -2.16. The van der Waals surface area contributed by atoms with Crippen LogP contribution >= 0.6 is 0 Å². The normalized spacial score (nSPS) is 17.8. The van der Waals surface area contributed by atoms with Crippen molar-refractivity contribution in [1.82, 2.24) is 5.32 Å². The van der Waals surface area contributed by atoms with E-state index in [0.717, 1.165) is 30.5 Å². The predicted octanol–water partition coefficient (Wildman–Crippen LogP) is 2.53. The van der Waals surface area contributed by atoms with Gasteiger partial charge in [0, 0.05) is 18.5 Å². The van der Waals surface area contributed by atoms with Crippen LogP contribution in [-0.4, -0.2) is 24.3 Å². The molecule has 1 aliphatic rings. The van der Waals surface area contributed by atoms with E-state index in [2.05, 4.69) is 5.32 Å². The Balaban J connectivity index is 2.01. The van der Waals surface area contributed by atoms with Crippen LogP contribution in [0, 0.1) is 0 Å². The topological polar surface area (TPSA) is 32.3 Å². The monoisotopic (exact) mass is 259 g/mol. The van der Waals surface area contributed by atoms with Crippen LogP contribution in [0.3, 0.4) is 0 Å². The molecule has 1 aromatic rings. The molecule has 1 fully saturated rings. The lowest BCUT2D eigenvalue weighted by molar-refractivity contribution is -0.137. The standard InChI is InChI=1S/C13H16F3NO/c14-13(15,16)11-3-1-9(2-4-11)10(8-18)7-17-12-5-6-12/h1-4,10,12,17-18H,5-8H2. The molecule has 1 aromatic carbocycles. The van der Waals surface area contributed by atoms with Crippen LogP contribution in [0.25, 0.3) is 0 Å². The van der Waals surface area contributed by atoms with E-state index in [4.69, 9.17) is 0 Å². The van der Waals surface area contributed by atoms with Crippen LogP contribution < -0.4 is 5.32 Å². The molecule has 0 aromatic heterocycles. The maximum atomic E-state index is 12.4. The highest BCUT2D eigenvalue weighted by Gasteiger charge is 2.30. The number of aliphatic hydroxyl groups is 1. The van der Waals surface area contributed by atoms with Crippen molar-refractivity contribution in [2.24, 2.45) is 0 Å². The molecule has 2 nitrogen and oxygen atoms in total. The highest BCUT2D eigenvalue weighted by atomic mass is 19.4. The number of alkyl halides is 3. The molecular weight excluding hydrogens is 243 g/mol. The molecule has 0 aliphatic heterocycles. The summed E-state index contributed by atoms with van der Waals surface area (Å²) in [5.41, 5.74) is 0.0803. The van der Waals surface area contributed by atoms with E-state index in [1.54, 1.807) is 0 Å². The van der Waals surface area contributed by atoms with Gasteiger partial charge in [-0.3, -0.25) is 0 Å². The average Bonchev–Trinajstić information content (AvgIpc) is 3.13. The molecule has 0 bridgehead atoms. The van der Waals surface area contributed by atoms with Gasteiger partial charge in [-0.1, -0.05) is 12.1 Å². The Bertz CT molecular complexity index is 384. The van der Waals surface area contributed by atoms with E-state index < -0.39 is 11.7 Å². The summed E-state index contributed by atoms with van der Waals surface area (Å²) in [4.78, 5) is 0. The van der Waals surface area contributed by atoms with E-state index in [9.17, 15) is 18.3 Å². The minimum absolute atomic E-state index is 0.0644. The molecule has 1 aliphatic carbocycles. The fourth-order valence-corrected chi connectivity index (χ4v) is 1.83. The summed E-state index contributed by atoms with van der Waals surface area (Å²) in [5.74, 6) is -0.145. The number of hydrogen-bond donors (Lipinski definition) is 2. The van der Waals surface area contributed by atoms with Crippen molar-refractivity contribution in [3.8, 4) is 0 Å². The van der Waals surface area contributed by atoms with Gasteiger partial charge < -0.3 is 10.4 Å². The second-order valence-corrected chi connectivity index (χ2v) is 4.68. The first kappa shape index (κ1) is 13.4. The van der Waals surface area contributed by atoms with E-state index in [1.807, 2.05) is 0 Å². The smallest absolute Gasteiger partial charge is 0.396 e. The zero-order valence-electron chi connectivity index (χ0n) is 9.87. The highest BCUT2D eigenvalue weighted by Crippen LogP contribution is 2.30. The van der Waals surface area contributed by atoms with E-state index in [1.165, 1.54) is 12.1 Å². The van der Waals surface area contributed by atoms with E-state index in [0.29, 0.717) is 12.6 Å². The van der Waals surface area contributed by atoms with Crippen LogP contribution in [0.1, 0.15) is 29.9 Å². The summed E-state index contributed by atoms with van der Waals surface area (Å²) in [6.45, 7) is 0.539. The predicted molar refractivity (Wildman–Crippen MR) is 62.3 cm³/mol. The lowest BCUT2D eigenvalue weighted by Crippen LogP contribution is -2.25. The van der Waals surface area contributed by atoms with Gasteiger partial charge in [-0.25, -0.2) is 0 Å². The van der Waals surface area contributed by atoms with Gasteiger partial charge in [0.25, 0.3) is 0 Å². The maximum absolute atomic E-state index is 12.4. The lowest BCUT2D eigenvalue weighted by atomic mass is 9.98. The van der Waals surface area contributed by atoms with Crippen molar-refractivity contribution < 1.29 is 18.3 Å². The molecule has 0 amide bonds. The minimum Gasteiger partial charge on any atom is -0.396 e. The molecule has 0 heterocycles. The number of halogens is 3. The van der Waals surface area contributed by atoms with Crippen molar-refractivity contribution in [1.29, 1.82) is 0 Å². The first-order chi connectivity index (χ1) is 8.50. The van der Waals surface area contributed by atoms with Crippen molar-refractivity contribution in [2.45, 2.75) is 31.0 Å². The van der Waals surface area contributed by atoms with E-state index >= 15 is 0 Å². The Labute approximate surface area is 104 Å². The SMILES string of the molecule is OCC(CNC1CC1)c1ccc(C(F)(F)F)cc1. The van der Waals surface area contributed by atoms with Gasteiger partial charge >= 0.3 is 6.18 Å². The number of nitrogens with one attached hydrogen (secondary N) is 1. The van der Waals surface area contributed by atoms with Gasteiger partial charge in [0.2, 0.25) is 0 Å². The fraction of sp³-hybridized carbons (Fsp3) is 0.538. The zero-order chi connectivity index (χ0) is 13.2. The molecule has 0 radical (unpaired) electrons. The van der Waals surface area contributed by atoms with E-state index in [-0.39, 0.29) is 12.5 Å². The largest absolute Gasteiger partial charge is 0.416 e. The minimum atomic E-state index is -4.31. The van der Waals surface area contributed by atoms with Crippen LogP contribution in [0.4, 0.5) is 13.2 Å². The highest BCUT2D eigenvalue weighted by molar-refractivity contribution is 5.27. The first-order valence-electron chi connectivity index (χ1n) is 6.02. The molecule has 2 rings (SSSR count). The van der Waals surface area contributed by atoms with Gasteiger partial charge in [0.1, 0.15) is 0 Å². The summed E-state index contributed by atoms with van der Waals surface area (Å²) >= 11 is 0. The van der Waals surface area contributed by atoms with Gasteiger partial charge in [-0.05, 0) is 30.5 Å². The molecule has 1 unspecified atom stereocenters. The average molecular weight is 259 g/mol. The third-order valence-corrected chi connectivity index (χ3v) is 3.16. The first-order valence-corrected chi connectivity index (χ1v) is 6.02. The van der Waals surface area contributed by atoms with Crippen LogP contribution in [0.5, 0.6) is 0 Å². The molecular formula is C13H16F3NO. The molecule has 2 N–H and O–H groups in total. The Morgan fingerprint density at radius 2 is 1.83 bits per heavy atom. The summed E-state index contributed by atoms with van der Waals surface area (Å²) in [5, 5.41) is 12.5. The Morgan fingerprint density at radius 1 is 1.22 bits per heavy atom. The molecule has 1 saturated carbocycles. The third kappa shape index (κ3) is 3.46. The second kappa shape index (κ2) is 5.28. The number of aliphatic hydroxyl groups excluding tert-OH is 1. The molecule has 5 heteroatoms. The number of benzene rings is 1. The zero-order valence-corrected chi connectivity index (χ0v) is 9.87. The Kier molecular flexibility index (Phi) is 3.92. The fourth-order valence-electron chi connectivity index (χ4n) is 1.83. The van der Waals surface area contributed by atoms with Crippen LogP contribution in [0.15, 0.2) is 24.3 Å². The molecule has 0 saturated heterocycles. The van der Waals surface area contributed by atoms with Gasteiger partial charge in [-0.2, -0.15) is 13.2 Å². The van der Waals surface area contributed by atoms with Gasteiger partial charge in [0.15, 0.2) is 0 Å². The summed E-state index contributed by atoms with van der Waals surface area (Å²) in [6, 6.07) is 5.54. The molecule has 0 spiro atoms. The number of rotatable bonds is 5. The second-order valence-electron chi connectivity index (χ2n) is 4.68. The molecule has 1 atom stereocenters. The van der Waals surface area contributed by atoms with Crippen LogP contribution in [0.2, 0.25) is 0 Å². The summed E-state index contributed by atoms with van der Waals surface area (Å²) < 4.78 is 37.2.